The number of amides is 1. The summed E-state index contributed by atoms with van der Waals surface area (Å²) in [7, 11) is 0. The van der Waals surface area contributed by atoms with E-state index in [1.165, 1.54) is 12.4 Å². The van der Waals surface area contributed by atoms with Gasteiger partial charge in [-0.2, -0.15) is 5.10 Å². The minimum Gasteiger partial charge on any atom is -0.478 e. The number of carbonyl (C=O) groups excluding carboxylic acids is 1. The van der Waals surface area contributed by atoms with Crippen LogP contribution in [0.3, 0.4) is 0 Å². The van der Waals surface area contributed by atoms with Crippen molar-refractivity contribution in [1.29, 1.82) is 0 Å². The molecule has 1 aliphatic rings. The quantitative estimate of drug-likeness (QED) is 0.881. The number of benzene rings is 1. The summed E-state index contributed by atoms with van der Waals surface area (Å²) >= 11 is 12.0. The molecule has 1 N–H and O–H groups in total. The Hall–Kier alpha value is -2.05. The Morgan fingerprint density at radius 2 is 1.96 bits per heavy atom. The molecule has 1 amide bonds. The SMILES string of the molecule is O=C(O)c1cnn(C2CCN(C(=O)Cc3ccc(Cl)cc3Cl)CC2)c1. The third-order valence-electron chi connectivity index (χ3n) is 4.40. The molecule has 6 nitrogen and oxygen atoms in total. The molecule has 1 saturated heterocycles. The third-order valence-corrected chi connectivity index (χ3v) is 4.98. The maximum absolute atomic E-state index is 12.5. The Morgan fingerprint density at radius 3 is 2.56 bits per heavy atom. The smallest absolute Gasteiger partial charge is 0.338 e. The predicted octanol–water partition coefficient (Wildman–Crippen LogP) is 3.29. The summed E-state index contributed by atoms with van der Waals surface area (Å²) in [5.74, 6) is -0.965. The molecule has 0 bridgehead atoms. The van der Waals surface area contributed by atoms with Gasteiger partial charge in [-0.05, 0) is 30.5 Å². The molecule has 0 aliphatic carbocycles. The van der Waals surface area contributed by atoms with E-state index in [1.807, 2.05) is 4.90 Å². The first-order valence-electron chi connectivity index (χ1n) is 7.93. The zero-order chi connectivity index (χ0) is 18.0. The number of likely N-dealkylation sites (tertiary alicyclic amines) is 1. The average Bonchev–Trinajstić information content (AvgIpc) is 3.08. The van der Waals surface area contributed by atoms with Gasteiger partial charge in [0.25, 0.3) is 0 Å². The molecule has 2 heterocycles. The lowest BCUT2D eigenvalue weighted by Crippen LogP contribution is -2.40. The summed E-state index contributed by atoms with van der Waals surface area (Å²) in [5, 5.41) is 14.1. The molecule has 2 aromatic rings. The molecule has 8 heteroatoms. The number of nitrogens with zero attached hydrogens (tertiary/aromatic N) is 3. The van der Waals surface area contributed by atoms with Gasteiger partial charge in [0.05, 0.1) is 24.2 Å². The molecular weight excluding hydrogens is 365 g/mol. The van der Waals surface area contributed by atoms with Crippen LogP contribution in [0.4, 0.5) is 0 Å². The first-order valence-corrected chi connectivity index (χ1v) is 8.69. The van der Waals surface area contributed by atoms with E-state index in [9.17, 15) is 9.59 Å². The predicted molar refractivity (Wildman–Crippen MR) is 94.2 cm³/mol. The number of carboxylic acid groups (broad SMARTS) is 1. The number of aromatic carboxylic acids is 1. The van der Waals surface area contributed by atoms with E-state index in [0.717, 1.165) is 18.4 Å². The second-order valence-electron chi connectivity index (χ2n) is 6.04. The molecule has 0 atom stereocenters. The number of hydrogen-bond donors (Lipinski definition) is 1. The Balaban J connectivity index is 1.57. The third kappa shape index (κ3) is 4.14. The minimum absolute atomic E-state index is 0.0226. The van der Waals surface area contributed by atoms with Crippen LogP contribution in [-0.4, -0.2) is 44.8 Å². The monoisotopic (exact) mass is 381 g/mol. The van der Waals surface area contributed by atoms with Crippen LogP contribution in [0.5, 0.6) is 0 Å². The van der Waals surface area contributed by atoms with Gasteiger partial charge in [-0.25, -0.2) is 4.79 Å². The van der Waals surface area contributed by atoms with Crippen molar-refractivity contribution in [3.8, 4) is 0 Å². The molecular formula is C17H17Cl2N3O3. The Kier molecular flexibility index (Phi) is 5.30. The molecule has 132 valence electrons. The zero-order valence-corrected chi connectivity index (χ0v) is 14.9. The fourth-order valence-electron chi connectivity index (χ4n) is 2.97. The highest BCUT2D eigenvalue weighted by Gasteiger charge is 2.25. The summed E-state index contributed by atoms with van der Waals surface area (Å²) in [4.78, 5) is 25.2. The number of halogens is 2. The molecule has 0 spiro atoms. The van der Waals surface area contributed by atoms with Crippen LogP contribution in [0.15, 0.2) is 30.6 Å². The van der Waals surface area contributed by atoms with Gasteiger partial charge in [0.1, 0.15) is 0 Å². The van der Waals surface area contributed by atoms with E-state index in [1.54, 1.807) is 22.9 Å². The van der Waals surface area contributed by atoms with Crippen LogP contribution in [0.1, 0.15) is 34.8 Å². The van der Waals surface area contributed by atoms with E-state index in [2.05, 4.69) is 5.10 Å². The van der Waals surface area contributed by atoms with Gasteiger partial charge in [0.2, 0.25) is 5.91 Å². The van der Waals surface area contributed by atoms with E-state index < -0.39 is 5.97 Å². The highest BCUT2D eigenvalue weighted by atomic mass is 35.5. The number of piperidine rings is 1. The number of carboxylic acids is 1. The summed E-state index contributed by atoms with van der Waals surface area (Å²) in [6, 6.07) is 5.23. The van der Waals surface area contributed by atoms with Crippen molar-refractivity contribution in [2.45, 2.75) is 25.3 Å². The first-order chi connectivity index (χ1) is 11.9. The van der Waals surface area contributed by atoms with E-state index in [4.69, 9.17) is 28.3 Å². The molecule has 0 unspecified atom stereocenters. The summed E-state index contributed by atoms with van der Waals surface area (Å²) in [6.07, 6.45) is 4.60. The van der Waals surface area contributed by atoms with Crippen LogP contribution in [0.25, 0.3) is 0 Å². The first kappa shape index (κ1) is 17.8. The van der Waals surface area contributed by atoms with Crippen molar-refractivity contribution < 1.29 is 14.7 Å². The number of aromatic nitrogens is 2. The standard InChI is InChI=1S/C17H17Cl2N3O3/c18-13-2-1-11(15(19)8-13)7-16(23)21-5-3-14(4-6-21)22-10-12(9-20-22)17(24)25/h1-2,8-10,14H,3-7H2,(H,24,25). The lowest BCUT2D eigenvalue weighted by Gasteiger charge is -2.32. The van der Waals surface area contributed by atoms with Gasteiger partial charge in [-0.3, -0.25) is 9.48 Å². The molecule has 1 aromatic heterocycles. The summed E-state index contributed by atoms with van der Waals surface area (Å²) < 4.78 is 1.68. The molecule has 25 heavy (non-hydrogen) atoms. The van der Waals surface area contributed by atoms with Crippen molar-refractivity contribution in [3.05, 3.63) is 51.8 Å². The molecule has 1 aliphatic heterocycles. The van der Waals surface area contributed by atoms with Crippen LogP contribution in [0.2, 0.25) is 10.0 Å². The van der Waals surface area contributed by atoms with Crippen molar-refractivity contribution in [1.82, 2.24) is 14.7 Å². The highest BCUT2D eigenvalue weighted by molar-refractivity contribution is 6.35. The van der Waals surface area contributed by atoms with Gasteiger partial charge in [0, 0.05) is 29.3 Å². The molecule has 3 rings (SSSR count). The Bertz CT molecular complexity index is 798. The molecule has 0 saturated carbocycles. The number of hydrogen-bond acceptors (Lipinski definition) is 3. The van der Waals surface area contributed by atoms with Crippen LogP contribution < -0.4 is 0 Å². The average molecular weight is 382 g/mol. The van der Waals surface area contributed by atoms with Crippen LogP contribution in [-0.2, 0) is 11.2 Å². The van der Waals surface area contributed by atoms with E-state index >= 15 is 0 Å². The molecule has 1 fully saturated rings. The Morgan fingerprint density at radius 1 is 1.24 bits per heavy atom. The van der Waals surface area contributed by atoms with Crippen molar-refractivity contribution in [2.24, 2.45) is 0 Å². The highest BCUT2D eigenvalue weighted by Crippen LogP contribution is 2.25. The maximum Gasteiger partial charge on any atom is 0.338 e. The fraction of sp³-hybridized carbons (Fsp3) is 0.353. The van der Waals surface area contributed by atoms with Gasteiger partial charge in [-0.1, -0.05) is 29.3 Å². The molecule has 0 radical (unpaired) electrons. The second kappa shape index (κ2) is 7.45. The lowest BCUT2D eigenvalue weighted by atomic mass is 10.0. The maximum atomic E-state index is 12.5. The second-order valence-corrected chi connectivity index (χ2v) is 6.88. The summed E-state index contributed by atoms with van der Waals surface area (Å²) in [5.41, 5.74) is 0.937. The van der Waals surface area contributed by atoms with E-state index in [-0.39, 0.29) is 23.9 Å². The van der Waals surface area contributed by atoms with Crippen molar-refractivity contribution >= 4 is 35.1 Å². The number of carbonyl (C=O) groups is 2. The van der Waals surface area contributed by atoms with Gasteiger partial charge < -0.3 is 10.0 Å². The fourth-order valence-corrected chi connectivity index (χ4v) is 3.44. The topological polar surface area (TPSA) is 75.4 Å². The van der Waals surface area contributed by atoms with Gasteiger partial charge in [-0.15, -0.1) is 0 Å². The zero-order valence-electron chi connectivity index (χ0n) is 13.4. The van der Waals surface area contributed by atoms with Crippen molar-refractivity contribution in [3.63, 3.8) is 0 Å². The van der Waals surface area contributed by atoms with Crippen LogP contribution >= 0.6 is 23.2 Å². The van der Waals surface area contributed by atoms with E-state index in [0.29, 0.717) is 23.1 Å². The Labute approximate surface area is 154 Å². The number of rotatable bonds is 4. The molecule has 1 aromatic carbocycles. The van der Waals surface area contributed by atoms with Crippen LogP contribution in [0, 0.1) is 0 Å². The van der Waals surface area contributed by atoms with Crippen molar-refractivity contribution in [2.75, 3.05) is 13.1 Å². The minimum atomic E-state index is -0.987. The van der Waals surface area contributed by atoms with Gasteiger partial charge >= 0.3 is 5.97 Å². The lowest BCUT2D eigenvalue weighted by molar-refractivity contribution is -0.131. The summed E-state index contributed by atoms with van der Waals surface area (Å²) in [6.45, 7) is 1.22. The normalized spacial score (nSPS) is 15.4. The largest absolute Gasteiger partial charge is 0.478 e. The van der Waals surface area contributed by atoms with Gasteiger partial charge in [0.15, 0.2) is 0 Å².